The van der Waals surface area contributed by atoms with Crippen molar-refractivity contribution in [3.63, 3.8) is 0 Å². The van der Waals surface area contributed by atoms with Crippen LogP contribution < -0.4 is 19.5 Å². The summed E-state index contributed by atoms with van der Waals surface area (Å²) in [5.41, 5.74) is 3.42. The molecule has 0 aliphatic rings. The summed E-state index contributed by atoms with van der Waals surface area (Å²) in [7, 11) is 4.75. The van der Waals surface area contributed by atoms with E-state index < -0.39 is 0 Å². The van der Waals surface area contributed by atoms with Gasteiger partial charge in [0.1, 0.15) is 18.0 Å². The second-order valence-electron chi connectivity index (χ2n) is 6.92. The van der Waals surface area contributed by atoms with Gasteiger partial charge in [0, 0.05) is 11.1 Å². The molecular weight excluding hydrogens is 409 g/mol. The molecule has 7 heteroatoms. The van der Waals surface area contributed by atoms with E-state index in [1.54, 1.807) is 27.4 Å². The van der Waals surface area contributed by atoms with E-state index in [0.29, 0.717) is 34.0 Å². The molecule has 3 aromatic carbocycles. The first-order valence-electron chi connectivity index (χ1n) is 9.86. The van der Waals surface area contributed by atoms with E-state index in [4.69, 9.17) is 14.2 Å². The third kappa shape index (κ3) is 4.46. The topological polar surface area (TPSA) is 65.5 Å². The normalized spacial score (nSPS) is 11.0. The first-order chi connectivity index (χ1) is 15.6. The smallest absolute Gasteiger partial charge is 0.203 e. The molecule has 32 heavy (non-hydrogen) atoms. The van der Waals surface area contributed by atoms with Crippen molar-refractivity contribution in [1.29, 1.82) is 0 Å². The molecule has 0 aliphatic carbocycles. The van der Waals surface area contributed by atoms with Crippen LogP contribution in [0.2, 0.25) is 0 Å². The maximum absolute atomic E-state index is 13.7. The van der Waals surface area contributed by atoms with Crippen LogP contribution in [0.25, 0.3) is 23.1 Å². The van der Waals surface area contributed by atoms with E-state index in [9.17, 15) is 4.39 Å². The summed E-state index contributed by atoms with van der Waals surface area (Å²) in [6.45, 7) is 0. The van der Waals surface area contributed by atoms with Gasteiger partial charge in [0.25, 0.3) is 0 Å². The highest BCUT2D eigenvalue weighted by Gasteiger charge is 2.12. The summed E-state index contributed by atoms with van der Waals surface area (Å²) in [6.07, 6.45) is 5.41. The molecule has 1 N–H and O–H groups in total. The predicted octanol–water partition coefficient (Wildman–Crippen LogP) is 5.71. The second kappa shape index (κ2) is 9.34. The number of hydrogen-bond donors (Lipinski definition) is 1. The molecule has 1 heterocycles. The zero-order chi connectivity index (χ0) is 22.5. The number of ether oxygens (including phenoxy) is 3. The molecule has 0 fully saturated rings. The lowest BCUT2D eigenvalue weighted by atomic mass is 10.1. The lowest BCUT2D eigenvalue weighted by Crippen LogP contribution is -1.96. The van der Waals surface area contributed by atoms with Crippen LogP contribution in [-0.4, -0.2) is 31.3 Å². The minimum absolute atomic E-state index is 0.331. The standard InChI is InChI=1S/C25H22FN3O3/c1-30-22-12-17(13-23(31-2)24(22)32-3)5-4-16-6-9-19(10-7-16)29-25-20-14-18(26)8-11-21(20)27-15-28-25/h4-15H,1-3H3,(H,27,28,29)/b5-4+. The van der Waals surface area contributed by atoms with Crippen LogP contribution >= 0.6 is 0 Å². The molecule has 0 atom stereocenters. The number of nitrogens with zero attached hydrogens (tertiary/aromatic N) is 2. The largest absolute Gasteiger partial charge is 0.493 e. The van der Waals surface area contributed by atoms with Gasteiger partial charge in [-0.3, -0.25) is 0 Å². The first kappa shape index (κ1) is 21.1. The van der Waals surface area contributed by atoms with Crippen molar-refractivity contribution in [3.8, 4) is 17.2 Å². The number of anilines is 2. The van der Waals surface area contributed by atoms with Gasteiger partial charge in [-0.15, -0.1) is 0 Å². The molecule has 6 nitrogen and oxygen atoms in total. The van der Waals surface area contributed by atoms with Crippen molar-refractivity contribution in [2.75, 3.05) is 26.6 Å². The summed E-state index contributed by atoms with van der Waals surface area (Å²) < 4.78 is 29.8. The molecule has 0 saturated heterocycles. The Morgan fingerprint density at radius 2 is 1.47 bits per heavy atom. The second-order valence-corrected chi connectivity index (χ2v) is 6.92. The summed E-state index contributed by atoms with van der Waals surface area (Å²) in [5, 5.41) is 3.85. The molecule has 1 aromatic heterocycles. The van der Waals surface area contributed by atoms with E-state index in [1.807, 2.05) is 48.6 Å². The minimum Gasteiger partial charge on any atom is -0.493 e. The maximum atomic E-state index is 13.7. The molecule has 0 amide bonds. The lowest BCUT2D eigenvalue weighted by Gasteiger charge is -2.12. The van der Waals surface area contributed by atoms with Gasteiger partial charge in [0.05, 0.1) is 26.8 Å². The van der Waals surface area contributed by atoms with E-state index in [0.717, 1.165) is 16.8 Å². The summed E-state index contributed by atoms with van der Waals surface area (Å²) in [4.78, 5) is 8.43. The Morgan fingerprint density at radius 3 is 2.12 bits per heavy atom. The van der Waals surface area contributed by atoms with Gasteiger partial charge in [-0.25, -0.2) is 14.4 Å². The Balaban J connectivity index is 1.54. The molecule has 0 bridgehead atoms. The fraction of sp³-hybridized carbons (Fsp3) is 0.120. The monoisotopic (exact) mass is 431 g/mol. The van der Waals surface area contributed by atoms with E-state index in [-0.39, 0.29) is 5.82 Å². The number of nitrogens with one attached hydrogen (secondary N) is 1. The molecule has 0 spiro atoms. The van der Waals surface area contributed by atoms with Crippen LogP contribution in [0.5, 0.6) is 17.2 Å². The Morgan fingerprint density at radius 1 is 0.781 bits per heavy atom. The molecule has 0 saturated carbocycles. The number of methoxy groups -OCH3 is 3. The molecule has 4 rings (SSSR count). The zero-order valence-electron chi connectivity index (χ0n) is 17.9. The van der Waals surface area contributed by atoms with Crippen molar-refractivity contribution in [2.24, 2.45) is 0 Å². The molecule has 4 aromatic rings. The number of halogens is 1. The van der Waals surface area contributed by atoms with Gasteiger partial charge in [0.15, 0.2) is 11.5 Å². The van der Waals surface area contributed by atoms with Crippen molar-refractivity contribution in [1.82, 2.24) is 9.97 Å². The average Bonchev–Trinajstić information content (AvgIpc) is 2.83. The minimum atomic E-state index is -0.331. The highest BCUT2D eigenvalue weighted by Crippen LogP contribution is 2.38. The molecule has 0 radical (unpaired) electrons. The third-order valence-corrected chi connectivity index (χ3v) is 4.93. The number of benzene rings is 3. The Kier molecular flexibility index (Phi) is 6.17. The Hall–Kier alpha value is -4.13. The summed E-state index contributed by atoms with van der Waals surface area (Å²) in [6, 6.07) is 16.0. The van der Waals surface area contributed by atoms with Crippen molar-refractivity contribution in [3.05, 3.63) is 77.9 Å². The summed E-state index contributed by atoms with van der Waals surface area (Å²) >= 11 is 0. The quantitative estimate of drug-likeness (QED) is 0.378. The summed E-state index contributed by atoms with van der Waals surface area (Å²) in [5.74, 6) is 1.97. The van der Waals surface area contributed by atoms with Gasteiger partial charge in [-0.2, -0.15) is 0 Å². The Bertz CT molecular complexity index is 1250. The van der Waals surface area contributed by atoms with Gasteiger partial charge >= 0.3 is 0 Å². The number of hydrogen-bond acceptors (Lipinski definition) is 6. The SMILES string of the molecule is COc1cc(/C=C/c2ccc(Nc3ncnc4ccc(F)cc34)cc2)cc(OC)c1OC. The molecule has 0 unspecified atom stereocenters. The van der Waals surface area contributed by atoms with Crippen molar-refractivity contribution >= 4 is 34.6 Å². The number of rotatable bonds is 7. The van der Waals surface area contributed by atoms with E-state index in [2.05, 4.69) is 15.3 Å². The number of fused-ring (bicyclic) bond motifs is 1. The van der Waals surface area contributed by atoms with Crippen LogP contribution in [0, 0.1) is 5.82 Å². The van der Waals surface area contributed by atoms with E-state index in [1.165, 1.54) is 18.5 Å². The van der Waals surface area contributed by atoms with Crippen molar-refractivity contribution < 1.29 is 18.6 Å². The fourth-order valence-electron chi connectivity index (χ4n) is 3.33. The van der Waals surface area contributed by atoms with Gasteiger partial charge in [-0.1, -0.05) is 24.3 Å². The lowest BCUT2D eigenvalue weighted by molar-refractivity contribution is 0.324. The highest BCUT2D eigenvalue weighted by atomic mass is 19.1. The maximum Gasteiger partial charge on any atom is 0.203 e. The number of aromatic nitrogens is 2. The van der Waals surface area contributed by atoms with Crippen LogP contribution in [-0.2, 0) is 0 Å². The van der Waals surface area contributed by atoms with Crippen LogP contribution in [0.15, 0.2) is 60.9 Å². The van der Waals surface area contributed by atoms with Gasteiger partial charge in [0.2, 0.25) is 5.75 Å². The molecule has 162 valence electrons. The average molecular weight is 431 g/mol. The predicted molar refractivity (Wildman–Crippen MR) is 124 cm³/mol. The molecule has 0 aliphatic heterocycles. The zero-order valence-corrected chi connectivity index (χ0v) is 17.9. The Labute approximate surface area is 185 Å². The van der Waals surface area contributed by atoms with Gasteiger partial charge < -0.3 is 19.5 Å². The molecular formula is C25H22FN3O3. The van der Waals surface area contributed by atoms with Crippen LogP contribution in [0.4, 0.5) is 15.9 Å². The first-order valence-corrected chi connectivity index (χ1v) is 9.86. The van der Waals surface area contributed by atoms with Crippen molar-refractivity contribution in [2.45, 2.75) is 0 Å². The van der Waals surface area contributed by atoms with E-state index >= 15 is 0 Å². The van der Waals surface area contributed by atoms with Crippen LogP contribution in [0.1, 0.15) is 11.1 Å². The fourth-order valence-corrected chi connectivity index (χ4v) is 3.33. The van der Waals surface area contributed by atoms with Crippen LogP contribution in [0.3, 0.4) is 0 Å². The van der Waals surface area contributed by atoms with Gasteiger partial charge in [-0.05, 0) is 53.6 Å². The third-order valence-electron chi connectivity index (χ3n) is 4.93. The highest BCUT2D eigenvalue weighted by molar-refractivity contribution is 5.90.